The molecule has 1 aromatic carbocycles. The Hall–Kier alpha value is -3.15. The predicted octanol–water partition coefficient (Wildman–Crippen LogP) is 2.19. The van der Waals surface area contributed by atoms with Gasteiger partial charge in [-0.25, -0.2) is 4.68 Å². The topological polar surface area (TPSA) is 83.0 Å². The summed E-state index contributed by atoms with van der Waals surface area (Å²) in [6.45, 7) is 1.61. The molecule has 3 rings (SSSR count). The Morgan fingerprint density at radius 1 is 1.26 bits per heavy atom. The van der Waals surface area contributed by atoms with Crippen molar-refractivity contribution in [3.63, 3.8) is 0 Å². The quantitative estimate of drug-likeness (QED) is 0.783. The summed E-state index contributed by atoms with van der Waals surface area (Å²) in [6, 6.07) is 13.1. The highest BCUT2D eigenvalue weighted by Crippen LogP contribution is 2.20. The fraction of sp³-hybridized carbons (Fsp3) is 0.118. The average Bonchev–Trinajstić information content (AvgIpc) is 3.06. The molecule has 0 saturated carbocycles. The van der Waals surface area contributed by atoms with Crippen molar-refractivity contribution in [3.05, 3.63) is 61.1 Å². The largest absolute Gasteiger partial charge is 0.481 e. The van der Waals surface area contributed by atoms with Gasteiger partial charge in [0.05, 0.1) is 11.4 Å². The van der Waals surface area contributed by atoms with Gasteiger partial charge in [-0.2, -0.15) is 5.10 Å². The van der Waals surface area contributed by atoms with Crippen molar-refractivity contribution in [2.75, 3.05) is 0 Å². The summed E-state index contributed by atoms with van der Waals surface area (Å²) in [5, 5.41) is 4.54. The highest BCUT2D eigenvalue weighted by atomic mass is 16.5. The Kier molecular flexibility index (Phi) is 4.05. The zero-order chi connectivity index (χ0) is 16.2. The third-order valence-electron chi connectivity index (χ3n) is 3.34. The molecule has 0 aliphatic heterocycles. The maximum absolute atomic E-state index is 11.1. The van der Waals surface area contributed by atoms with E-state index < -0.39 is 12.0 Å². The van der Waals surface area contributed by atoms with Gasteiger partial charge in [-0.3, -0.25) is 9.78 Å². The second-order valence-electron chi connectivity index (χ2n) is 5.05. The number of benzene rings is 1. The van der Waals surface area contributed by atoms with E-state index in [0.717, 1.165) is 16.9 Å². The summed E-state index contributed by atoms with van der Waals surface area (Å²) in [5.74, 6) is 0.0561. The summed E-state index contributed by atoms with van der Waals surface area (Å²) < 4.78 is 7.24. The number of hydrogen-bond donors (Lipinski definition) is 1. The number of amides is 1. The predicted molar refractivity (Wildman–Crippen MR) is 86.1 cm³/mol. The van der Waals surface area contributed by atoms with E-state index in [9.17, 15) is 4.79 Å². The van der Waals surface area contributed by atoms with Crippen molar-refractivity contribution < 1.29 is 9.53 Å². The first kappa shape index (κ1) is 14.8. The molecule has 23 heavy (non-hydrogen) atoms. The van der Waals surface area contributed by atoms with Gasteiger partial charge in [-0.1, -0.05) is 6.07 Å². The van der Waals surface area contributed by atoms with E-state index >= 15 is 0 Å². The van der Waals surface area contributed by atoms with Crippen molar-refractivity contribution in [1.82, 2.24) is 14.8 Å². The molecule has 0 aliphatic carbocycles. The lowest BCUT2D eigenvalue weighted by Crippen LogP contribution is -2.30. The van der Waals surface area contributed by atoms with Gasteiger partial charge in [0, 0.05) is 30.2 Å². The maximum Gasteiger partial charge on any atom is 0.258 e. The first-order valence-corrected chi connectivity index (χ1v) is 7.16. The number of rotatable bonds is 5. The SMILES string of the molecule is CC(Oc1cccc(-n2ccc(-c3cccnc3)n2)c1)C(N)=O. The van der Waals surface area contributed by atoms with Crippen molar-refractivity contribution in [1.29, 1.82) is 0 Å². The van der Waals surface area contributed by atoms with Crippen LogP contribution < -0.4 is 10.5 Å². The molecular weight excluding hydrogens is 292 g/mol. The number of primary amides is 1. The Bertz CT molecular complexity index is 814. The zero-order valence-corrected chi connectivity index (χ0v) is 12.6. The van der Waals surface area contributed by atoms with E-state index in [4.69, 9.17) is 10.5 Å². The normalized spacial score (nSPS) is 11.9. The molecule has 0 saturated heterocycles. The summed E-state index contributed by atoms with van der Waals surface area (Å²) in [7, 11) is 0. The molecule has 0 bridgehead atoms. The second kappa shape index (κ2) is 6.31. The van der Waals surface area contributed by atoms with Gasteiger partial charge in [-0.15, -0.1) is 0 Å². The van der Waals surface area contributed by atoms with Gasteiger partial charge in [0.2, 0.25) is 0 Å². The Morgan fingerprint density at radius 3 is 2.87 bits per heavy atom. The van der Waals surface area contributed by atoms with Crippen molar-refractivity contribution in [2.45, 2.75) is 13.0 Å². The Balaban J connectivity index is 1.85. The van der Waals surface area contributed by atoms with Gasteiger partial charge >= 0.3 is 0 Å². The molecular formula is C17H16N4O2. The number of nitrogens with two attached hydrogens (primary N) is 1. The van der Waals surface area contributed by atoms with Crippen LogP contribution in [-0.4, -0.2) is 26.8 Å². The van der Waals surface area contributed by atoms with Crippen LogP contribution in [0.4, 0.5) is 0 Å². The minimum Gasteiger partial charge on any atom is -0.481 e. The molecule has 6 heteroatoms. The van der Waals surface area contributed by atoms with E-state index in [1.165, 1.54) is 0 Å². The fourth-order valence-electron chi connectivity index (χ4n) is 2.10. The first-order valence-electron chi connectivity index (χ1n) is 7.16. The molecule has 0 spiro atoms. The number of carbonyl (C=O) groups is 1. The monoisotopic (exact) mass is 308 g/mol. The van der Waals surface area contributed by atoms with E-state index in [0.29, 0.717) is 5.75 Å². The maximum atomic E-state index is 11.1. The van der Waals surface area contributed by atoms with Gasteiger partial charge in [0.25, 0.3) is 5.91 Å². The standard InChI is InChI=1S/C17H16N4O2/c1-12(17(18)22)23-15-6-2-5-14(10-15)21-9-7-16(20-21)13-4-3-8-19-11-13/h2-12H,1H3,(H2,18,22). The van der Waals surface area contributed by atoms with Crippen LogP contribution in [0.5, 0.6) is 5.75 Å². The highest BCUT2D eigenvalue weighted by molar-refractivity contribution is 5.78. The summed E-state index contributed by atoms with van der Waals surface area (Å²) in [5.41, 5.74) is 7.82. The molecule has 3 aromatic rings. The Labute approximate surface area is 133 Å². The number of ether oxygens (including phenoxy) is 1. The zero-order valence-electron chi connectivity index (χ0n) is 12.6. The summed E-state index contributed by atoms with van der Waals surface area (Å²) in [6.07, 6.45) is 4.66. The molecule has 0 fully saturated rings. The van der Waals surface area contributed by atoms with Gasteiger partial charge < -0.3 is 10.5 Å². The molecule has 1 atom stereocenters. The van der Waals surface area contributed by atoms with Crippen molar-refractivity contribution >= 4 is 5.91 Å². The smallest absolute Gasteiger partial charge is 0.258 e. The third-order valence-corrected chi connectivity index (χ3v) is 3.34. The van der Waals surface area contributed by atoms with Crippen LogP contribution >= 0.6 is 0 Å². The minimum atomic E-state index is -0.686. The van der Waals surface area contributed by atoms with E-state index in [1.807, 2.05) is 36.5 Å². The van der Waals surface area contributed by atoms with Crippen LogP contribution in [-0.2, 0) is 4.79 Å². The first-order chi connectivity index (χ1) is 11.1. The highest BCUT2D eigenvalue weighted by Gasteiger charge is 2.11. The number of aromatic nitrogens is 3. The molecule has 2 aromatic heterocycles. The second-order valence-corrected chi connectivity index (χ2v) is 5.05. The van der Waals surface area contributed by atoms with Gasteiger partial charge in [0.1, 0.15) is 5.75 Å². The summed E-state index contributed by atoms with van der Waals surface area (Å²) in [4.78, 5) is 15.2. The summed E-state index contributed by atoms with van der Waals surface area (Å²) >= 11 is 0. The lowest BCUT2D eigenvalue weighted by molar-refractivity contribution is -0.123. The third kappa shape index (κ3) is 3.37. The minimum absolute atomic E-state index is 0.506. The van der Waals surface area contributed by atoms with Crippen molar-refractivity contribution in [2.24, 2.45) is 5.73 Å². The number of nitrogens with zero attached hydrogens (tertiary/aromatic N) is 3. The van der Waals surface area contributed by atoms with Gasteiger partial charge in [0.15, 0.2) is 6.10 Å². The molecule has 2 heterocycles. The fourth-order valence-corrected chi connectivity index (χ4v) is 2.10. The number of carbonyl (C=O) groups excluding carboxylic acids is 1. The lowest BCUT2D eigenvalue weighted by atomic mass is 10.2. The van der Waals surface area contributed by atoms with Crippen LogP contribution in [0.25, 0.3) is 16.9 Å². The molecule has 116 valence electrons. The van der Waals surface area contributed by atoms with E-state index in [2.05, 4.69) is 10.1 Å². The molecule has 0 aliphatic rings. The van der Waals surface area contributed by atoms with Crippen LogP contribution in [0.1, 0.15) is 6.92 Å². The number of pyridine rings is 1. The molecule has 1 unspecified atom stereocenters. The van der Waals surface area contributed by atoms with Crippen LogP contribution in [0.3, 0.4) is 0 Å². The van der Waals surface area contributed by atoms with Gasteiger partial charge in [-0.05, 0) is 37.3 Å². The molecule has 2 N–H and O–H groups in total. The van der Waals surface area contributed by atoms with E-state index in [-0.39, 0.29) is 0 Å². The molecule has 6 nitrogen and oxygen atoms in total. The van der Waals surface area contributed by atoms with Crippen molar-refractivity contribution in [3.8, 4) is 22.7 Å². The average molecular weight is 308 g/mol. The van der Waals surface area contributed by atoms with Crippen LogP contribution in [0, 0.1) is 0 Å². The van der Waals surface area contributed by atoms with E-state index in [1.54, 1.807) is 36.1 Å². The molecule has 1 amide bonds. The molecule has 0 radical (unpaired) electrons. The lowest BCUT2D eigenvalue weighted by Gasteiger charge is -2.12. The van der Waals surface area contributed by atoms with Crippen LogP contribution in [0.2, 0.25) is 0 Å². The number of hydrogen-bond acceptors (Lipinski definition) is 4. The Morgan fingerprint density at radius 2 is 2.13 bits per heavy atom. The van der Waals surface area contributed by atoms with Crippen LogP contribution in [0.15, 0.2) is 61.1 Å².